The van der Waals surface area contributed by atoms with Crippen LogP contribution in [0, 0.1) is 11.8 Å². The van der Waals surface area contributed by atoms with Crippen molar-refractivity contribution in [3.05, 3.63) is 0 Å². The summed E-state index contributed by atoms with van der Waals surface area (Å²) < 4.78 is 0. The van der Waals surface area contributed by atoms with Crippen molar-refractivity contribution in [3.63, 3.8) is 0 Å². The molecule has 2 atom stereocenters. The maximum Gasteiger partial charge on any atom is 0.0473 e. The summed E-state index contributed by atoms with van der Waals surface area (Å²) in [6, 6.07) is 0.171. The molecule has 0 saturated heterocycles. The second-order valence-electron chi connectivity index (χ2n) is 3.64. The van der Waals surface area contributed by atoms with Crippen molar-refractivity contribution in [2.24, 2.45) is 17.6 Å². The summed E-state index contributed by atoms with van der Waals surface area (Å²) in [5.41, 5.74) is 5.88. The minimum atomic E-state index is 0.171. The van der Waals surface area contributed by atoms with Crippen molar-refractivity contribution in [2.75, 3.05) is 6.61 Å². The third-order valence-electron chi connectivity index (χ3n) is 2.11. The Morgan fingerprint density at radius 1 is 1.36 bits per heavy atom. The van der Waals surface area contributed by atoms with Crippen LogP contribution in [-0.2, 0) is 0 Å². The SMILES string of the molecule is CCC(CO)C(N)CC(C)C. The van der Waals surface area contributed by atoms with Gasteiger partial charge in [0, 0.05) is 12.6 Å². The molecule has 0 bridgehead atoms. The lowest BCUT2D eigenvalue weighted by atomic mass is 9.91. The second kappa shape index (κ2) is 5.56. The fraction of sp³-hybridized carbons (Fsp3) is 1.00. The summed E-state index contributed by atoms with van der Waals surface area (Å²) in [7, 11) is 0. The fourth-order valence-corrected chi connectivity index (χ4v) is 1.30. The quantitative estimate of drug-likeness (QED) is 0.636. The summed E-state index contributed by atoms with van der Waals surface area (Å²) in [6.45, 7) is 6.61. The zero-order valence-corrected chi connectivity index (χ0v) is 7.88. The van der Waals surface area contributed by atoms with Crippen molar-refractivity contribution in [1.82, 2.24) is 0 Å². The number of aliphatic hydroxyl groups is 1. The van der Waals surface area contributed by atoms with E-state index in [1.807, 2.05) is 0 Å². The molecule has 0 aliphatic rings. The summed E-state index contributed by atoms with van der Waals surface area (Å²) in [4.78, 5) is 0. The van der Waals surface area contributed by atoms with Crippen molar-refractivity contribution in [3.8, 4) is 0 Å². The number of hydrogen-bond acceptors (Lipinski definition) is 2. The van der Waals surface area contributed by atoms with Crippen LogP contribution >= 0.6 is 0 Å². The molecule has 2 unspecified atom stereocenters. The summed E-state index contributed by atoms with van der Waals surface area (Å²) >= 11 is 0. The highest BCUT2D eigenvalue weighted by Gasteiger charge is 2.15. The third kappa shape index (κ3) is 4.38. The molecule has 0 fully saturated rings. The zero-order chi connectivity index (χ0) is 8.85. The lowest BCUT2D eigenvalue weighted by Gasteiger charge is -2.21. The van der Waals surface area contributed by atoms with Crippen LogP contribution in [-0.4, -0.2) is 17.8 Å². The van der Waals surface area contributed by atoms with Gasteiger partial charge in [0.1, 0.15) is 0 Å². The van der Waals surface area contributed by atoms with Gasteiger partial charge in [-0.2, -0.15) is 0 Å². The molecular weight excluding hydrogens is 138 g/mol. The Morgan fingerprint density at radius 2 is 1.91 bits per heavy atom. The normalized spacial score (nSPS) is 16.9. The van der Waals surface area contributed by atoms with Crippen LogP contribution in [0.15, 0.2) is 0 Å². The van der Waals surface area contributed by atoms with Crippen LogP contribution in [0.1, 0.15) is 33.6 Å². The maximum atomic E-state index is 8.93. The Balaban J connectivity index is 3.68. The molecule has 0 aromatic carbocycles. The van der Waals surface area contributed by atoms with Crippen molar-refractivity contribution in [1.29, 1.82) is 0 Å². The van der Waals surface area contributed by atoms with Gasteiger partial charge in [-0.3, -0.25) is 0 Å². The highest BCUT2D eigenvalue weighted by Crippen LogP contribution is 2.13. The number of hydrogen-bond donors (Lipinski definition) is 2. The average Bonchev–Trinajstić information content (AvgIpc) is 1.88. The molecule has 0 amide bonds. The highest BCUT2D eigenvalue weighted by molar-refractivity contribution is 4.72. The van der Waals surface area contributed by atoms with Crippen LogP contribution in [0.25, 0.3) is 0 Å². The highest BCUT2D eigenvalue weighted by atomic mass is 16.3. The van der Waals surface area contributed by atoms with Gasteiger partial charge in [-0.15, -0.1) is 0 Å². The number of rotatable bonds is 5. The molecule has 3 N–H and O–H groups in total. The Bertz CT molecular complexity index is 89.6. The monoisotopic (exact) mass is 159 g/mol. The molecule has 68 valence electrons. The van der Waals surface area contributed by atoms with Crippen molar-refractivity contribution in [2.45, 2.75) is 39.7 Å². The number of nitrogens with two attached hydrogens (primary N) is 1. The smallest absolute Gasteiger partial charge is 0.0473 e. The minimum absolute atomic E-state index is 0.171. The topological polar surface area (TPSA) is 46.2 Å². The maximum absolute atomic E-state index is 8.93. The first-order chi connectivity index (χ1) is 5.11. The molecule has 11 heavy (non-hydrogen) atoms. The van der Waals surface area contributed by atoms with Crippen LogP contribution in [0.3, 0.4) is 0 Å². The molecule has 0 aromatic rings. The van der Waals surface area contributed by atoms with E-state index in [2.05, 4.69) is 20.8 Å². The molecule has 0 saturated carbocycles. The van der Waals surface area contributed by atoms with Gasteiger partial charge in [0.2, 0.25) is 0 Å². The Hall–Kier alpha value is -0.0800. The van der Waals surface area contributed by atoms with E-state index in [0.29, 0.717) is 5.92 Å². The predicted molar refractivity (Wildman–Crippen MR) is 48.3 cm³/mol. The lowest BCUT2D eigenvalue weighted by Crippen LogP contribution is -2.33. The van der Waals surface area contributed by atoms with Crippen LogP contribution < -0.4 is 5.73 Å². The molecule has 0 aromatic heterocycles. The fourth-order valence-electron chi connectivity index (χ4n) is 1.30. The first kappa shape index (κ1) is 10.9. The first-order valence-electron chi connectivity index (χ1n) is 4.48. The minimum Gasteiger partial charge on any atom is -0.396 e. The largest absolute Gasteiger partial charge is 0.396 e. The van der Waals surface area contributed by atoms with Gasteiger partial charge in [0.05, 0.1) is 0 Å². The second-order valence-corrected chi connectivity index (χ2v) is 3.64. The molecule has 0 aliphatic carbocycles. The van der Waals surface area contributed by atoms with Crippen molar-refractivity contribution >= 4 is 0 Å². The van der Waals surface area contributed by atoms with Crippen molar-refractivity contribution < 1.29 is 5.11 Å². The van der Waals surface area contributed by atoms with E-state index in [1.165, 1.54) is 0 Å². The average molecular weight is 159 g/mol. The Labute approximate surface area is 69.8 Å². The molecule has 2 heteroatoms. The Kier molecular flexibility index (Phi) is 5.51. The lowest BCUT2D eigenvalue weighted by molar-refractivity contribution is 0.190. The Morgan fingerprint density at radius 3 is 2.18 bits per heavy atom. The van der Waals surface area contributed by atoms with Gasteiger partial charge < -0.3 is 10.8 Å². The third-order valence-corrected chi connectivity index (χ3v) is 2.11. The molecule has 0 heterocycles. The molecule has 0 aliphatic heterocycles. The van der Waals surface area contributed by atoms with Crippen LogP contribution in [0.2, 0.25) is 0 Å². The van der Waals surface area contributed by atoms with E-state index in [-0.39, 0.29) is 18.6 Å². The number of aliphatic hydroxyl groups excluding tert-OH is 1. The van der Waals surface area contributed by atoms with Crippen LogP contribution in [0.4, 0.5) is 0 Å². The molecular formula is C9H21NO. The van der Waals surface area contributed by atoms with Crippen LogP contribution in [0.5, 0.6) is 0 Å². The van der Waals surface area contributed by atoms with Gasteiger partial charge in [-0.1, -0.05) is 20.8 Å². The summed E-state index contributed by atoms with van der Waals surface area (Å²) in [5.74, 6) is 0.919. The van der Waals surface area contributed by atoms with Gasteiger partial charge in [-0.25, -0.2) is 0 Å². The molecule has 0 rings (SSSR count). The van der Waals surface area contributed by atoms with E-state index < -0.39 is 0 Å². The van der Waals surface area contributed by atoms with E-state index >= 15 is 0 Å². The van der Waals surface area contributed by atoms with Gasteiger partial charge >= 0.3 is 0 Å². The van der Waals surface area contributed by atoms with E-state index in [0.717, 1.165) is 12.8 Å². The first-order valence-corrected chi connectivity index (χ1v) is 4.48. The van der Waals surface area contributed by atoms with E-state index in [4.69, 9.17) is 10.8 Å². The molecule has 0 spiro atoms. The van der Waals surface area contributed by atoms with Gasteiger partial charge in [0.25, 0.3) is 0 Å². The van der Waals surface area contributed by atoms with Gasteiger partial charge in [-0.05, 0) is 24.7 Å². The standard InChI is InChI=1S/C9H21NO/c1-4-8(6-11)9(10)5-7(2)3/h7-9,11H,4-6,10H2,1-3H3. The molecule has 0 radical (unpaired) electrons. The van der Waals surface area contributed by atoms with E-state index in [1.54, 1.807) is 0 Å². The molecule has 2 nitrogen and oxygen atoms in total. The zero-order valence-electron chi connectivity index (χ0n) is 7.88. The summed E-state index contributed by atoms with van der Waals surface area (Å²) in [6.07, 6.45) is 1.99. The van der Waals surface area contributed by atoms with E-state index in [9.17, 15) is 0 Å². The predicted octanol–water partition coefficient (Wildman–Crippen LogP) is 1.38. The summed E-state index contributed by atoms with van der Waals surface area (Å²) in [5, 5.41) is 8.93. The van der Waals surface area contributed by atoms with Gasteiger partial charge in [0.15, 0.2) is 0 Å².